The molecular formula is C12H17N3O3S. The summed E-state index contributed by atoms with van der Waals surface area (Å²) in [7, 11) is 0. The molecule has 1 rings (SSSR count). The first-order valence-electron chi connectivity index (χ1n) is 6.07. The minimum atomic E-state index is -0.775. The number of thioether (sulfide) groups is 1. The maximum Gasteiger partial charge on any atom is 0.303 e. The molecule has 1 aromatic rings. The van der Waals surface area contributed by atoms with Crippen molar-refractivity contribution in [2.24, 2.45) is 0 Å². The van der Waals surface area contributed by atoms with Crippen LogP contribution in [0.4, 0.5) is 0 Å². The van der Waals surface area contributed by atoms with Crippen molar-refractivity contribution in [1.82, 2.24) is 15.3 Å². The molecule has 0 fully saturated rings. The number of carbonyl (C=O) groups is 2. The molecule has 0 bridgehead atoms. The van der Waals surface area contributed by atoms with Gasteiger partial charge in [-0.2, -0.15) is 0 Å². The van der Waals surface area contributed by atoms with Crippen LogP contribution in [0.3, 0.4) is 0 Å². The smallest absolute Gasteiger partial charge is 0.303 e. The molecule has 0 unspecified atom stereocenters. The van der Waals surface area contributed by atoms with Gasteiger partial charge in [0.2, 0.25) is 5.91 Å². The minimum Gasteiger partial charge on any atom is -0.481 e. The molecule has 19 heavy (non-hydrogen) atoms. The highest BCUT2D eigenvalue weighted by Crippen LogP contribution is 2.09. The zero-order chi connectivity index (χ0) is 13.9. The summed E-state index contributed by atoms with van der Waals surface area (Å²) in [6, 6.07) is 1.72. The van der Waals surface area contributed by atoms with E-state index in [4.69, 9.17) is 5.11 Å². The van der Waals surface area contributed by atoms with Gasteiger partial charge in [-0.1, -0.05) is 18.2 Å². The van der Waals surface area contributed by atoms with Crippen molar-refractivity contribution >= 4 is 23.6 Å². The molecule has 1 aromatic heterocycles. The number of nitrogens with zero attached hydrogens (tertiary/aromatic N) is 2. The number of carboxylic acids is 1. The third-order valence-electron chi connectivity index (χ3n) is 2.26. The van der Waals surface area contributed by atoms with Crippen LogP contribution in [0, 0.1) is 0 Å². The molecular weight excluding hydrogens is 266 g/mol. The van der Waals surface area contributed by atoms with Gasteiger partial charge in [-0.05, 0) is 18.9 Å². The van der Waals surface area contributed by atoms with Gasteiger partial charge in [0.05, 0.1) is 5.75 Å². The molecule has 104 valence electrons. The van der Waals surface area contributed by atoms with Gasteiger partial charge in [0.15, 0.2) is 5.16 Å². The minimum absolute atomic E-state index is 0.0595. The SMILES string of the molecule is O=C(O)CCCCCNC(=O)CSc1ncccn1. The molecule has 0 atom stereocenters. The molecule has 0 aliphatic carbocycles. The Labute approximate surface area is 116 Å². The molecule has 0 aliphatic heterocycles. The number of hydrogen-bond acceptors (Lipinski definition) is 5. The summed E-state index contributed by atoms with van der Waals surface area (Å²) in [6.45, 7) is 0.578. The van der Waals surface area contributed by atoms with Crippen molar-refractivity contribution in [2.75, 3.05) is 12.3 Å². The number of nitrogens with one attached hydrogen (secondary N) is 1. The number of amides is 1. The first-order valence-corrected chi connectivity index (χ1v) is 7.05. The lowest BCUT2D eigenvalue weighted by molar-refractivity contribution is -0.137. The quantitative estimate of drug-likeness (QED) is 0.403. The lowest BCUT2D eigenvalue weighted by Crippen LogP contribution is -2.26. The second-order valence-corrected chi connectivity index (χ2v) is 4.82. The Balaban J connectivity index is 2.01. The third-order valence-corrected chi connectivity index (χ3v) is 3.14. The van der Waals surface area contributed by atoms with Crippen LogP contribution in [0.1, 0.15) is 25.7 Å². The van der Waals surface area contributed by atoms with E-state index >= 15 is 0 Å². The molecule has 1 heterocycles. The lowest BCUT2D eigenvalue weighted by Gasteiger charge is -2.04. The summed E-state index contributed by atoms with van der Waals surface area (Å²) in [5.41, 5.74) is 0. The summed E-state index contributed by atoms with van der Waals surface area (Å²) in [6.07, 6.45) is 5.71. The van der Waals surface area contributed by atoms with E-state index in [1.165, 1.54) is 11.8 Å². The van der Waals surface area contributed by atoms with Crippen LogP contribution in [0.15, 0.2) is 23.6 Å². The lowest BCUT2D eigenvalue weighted by atomic mass is 10.2. The van der Waals surface area contributed by atoms with Crippen LogP contribution >= 0.6 is 11.8 Å². The van der Waals surface area contributed by atoms with Crippen molar-refractivity contribution in [3.63, 3.8) is 0 Å². The molecule has 0 aromatic carbocycles. The van der Waals surface area contributed by atoms with E-state index in [2.05, 4.69) is 15.3 Å². The summed E-state index contributed by atoms with van der Waals surface area (Å²) in [5.74, 6) is -0.543. The van der Waals surface area contributed by atoms with Crippen molar-refractivity contribution in [1.29, 1.82) is 0 Å². The zero-order valence-electron chi connectivity index (χ0n) is 10.5. The van der Waals surface area contributed by atoms with Crippen molar-refractivity contribution in [3.8, 4) is 0 Å². The third kappa shape index (κ3) is 8.15. The highest BCUT2D eigenvalue weighted by molar-refractivity contribution is 7.99. The number of aliphatic carboxylic acids is 1. The predicted molar refractivity (Wildman–Crippen MR) is 71.9 cm³/mol. The van der Waals surface area contributed by atoms with E-state index < -0.39 is 5.97 Å². The average molecular weight is 283 g/mol. The van der Waals surface area contributed by atoms with Gasteiger partial charge in [0.25, 0.3) is 0 Å². The van der Waals surface area contributed by atoms with Gasteiger partial charge in [0.1, 0.15) is 0 Å². The summed E-state index contributed by atoms with van der Waals surface area (Å²) >= 11 is 1.29. The molecule has 1 amide bonds. The Bertz CT molecular complexity index is 400. The van der Waals surface area contributed by atoms with E-state index in [0.717, 1.165) is 12.8 Å². The van der Waals surface area contributed by atoms with Crippen LogP contribution in [0.5, 0.6) is 0 Å². The number of hydrogen-bond donors (Lipinski definition) is 2. The van der Waals surface area contributed by atoms with Gasteiger partial charge < -0.3 is 10.4 Å². The Hall–Kier alpha value is -1.63. The predicted octanol–water partition coefficient (Wildman–Crippen LogP) is 1.33. The zero-order valence-corrected chi connectivity index (χ0v) is 11.4. The molecule has 0 saturated heterocycles. The molecule has 7 heteroatoms. The number of unbranched alkanes of at least 4 members (excludes halogenated alkanes) is 2. The molecule has 0 radical (unpaired) electrons. The highest BCUT2D eigenvalue weighted by Gasteiger charge is 2.03. The van der Waals surface area contributed by atoms with E-state index in [-0.39, 0.29) is 12.3 Å². The van der Waals surface area contributed by atoms with E-state index in [1.54, 1.807) is 18.5 Å². The Morgan fingerprint density at radius 2 is 1.95 bits per heavy atom. The van der Waals surface area contributed by atoms with E-state index in [9.17, 15) is 9.59 Å². The maximum absolute atomic E-state index is 11.5. The van der Waals surface area contributed by atoms with Crippen LogP contribution in [0.2, 0.25) is 0 Å². The van der Waals surface area contributed by atoms with Crippen LogP contribution in [-0.2, 0) is 9.59 Å². The van der Waals surface area contributed by atoms with Gasteiger partial charge in [0, 0.05) is 25.4 Å². The molecule has 0 spiro atoms. The molecule has 6 nitrogen and oxygen atoms in total. The topological polar surface area (TPSA) is 92.2 Å². The molecule has 2 N–H and O–H groups in total. The van der Waals surface area contributed by atoms with E-state index in [0.29, 0.717) is 23.9 Å². The van der Waals surface area contributed by atoms with Gasteiger partial charge >= 0.3 is 5.97 Å². The highest BCUT2D eigenvalue weighted by atomic mass is 32.2. The summed E-state index contributed by atoms with van der Waals surface area (Å²) in [4.78, 5) is 29.8. The second-order valence-electron chi connectivity index (χ2n) is 3.87. The number of rotatable bonds is 9. The summed E-state index contributed by atoms with van der Waals surface area (Å²) in [5, 5.41) is 11.8. The fourth-order valence-corrected chi connectivity index (χ4v) is 1.98. The second kappa shape index (κ2) is 9.32. The Kier molecular flexibility index (Phi) is 7.57. The van der Waals surface area contributed by atoms with Gasteiger partial charge in [-0.3, -0.25) is 9.59 Å². The summed E-state index contributed by atoms with van der Waals surface area (Å²) < 4.78 is 0. The van der Waals surface area contributed by atoms with Crippen molar-refractivity contribution in [3.05, 3.63) is 18.5 Å². The van der Waals surface area contributed by atoms with E-state index in [1.807, 2.05) is 0 Å². The molecule has 0 aliphatic rings. The van der Waals surface area contributed by atoms with Crippen molar-refractivity contribution in [2.45, 2.75) is 30.8 Å². The maximum atomic E-state index is 11.5. The standard InChI is InChI=1S/C12H17N3O3S/c16-10(9-19-12-14-7-4-8-15-12)13-6-3-1-2-5-11(17)18/h4,7-8H,1-3,5-6,9H2,(H,13,16)(H,17,18). The first kappa shape index (κ1) is 15.4. The molecule has 0 saturated carbocycles. The van der Waals surface area contributed by atoms with Crippen LogP contribution in [-0.4, -0.2) is 39.2 Å². The van der Waals surface area contributed by atoms with Gasteiger partial charge in [-0.15, -0.1) is 0 Å². The van der Waals surface area contributed by atoms with Gasteiger partial charge in [-0.25, -0.2) is 9.97 Å². The normalized spacial score (nSPS) is 10.1. The van der Waals surface area contributed by atoms with Crippen LogP contribution < -0.4 is 5.32 Å². The monoisotopic (exact) mass is 283 g/mol. The fourth-order valence-electron chi connectivity index (χ4n) is 1.35. The Morgan fingerprint density at radius 1 is 1.21 bits per heavy atom. The number of carbonyl (C=O) groups excluding carboxylic acids is 1. The first-order chi connectivity index (χ1) is 9.18. The largest absolute Gasteiger partial charge is 0.481 e. The Morgan fingerprint density at radius 3 is 2.63 bits per heavy atom. The number of carboxylic acid groups (broad SMARTS) is 1. The number of aromatic nitrogens is 2. The van der Waals surface area contributed by atoms with Crippen LogP contribution in [0.25, 0.3) is 0 Å². The van der Waals surface area contributed by atoms with Crippen molar-refractivity contribution < 1.29 is 14.7 Å². The average Bonchev–Trinajstić information content (AvgIpc) is 2.41. The fraction of sp³-hybridized carbons (Fsp3) is 0.500.